The molecule has 0 fully saturated rings. The molecule has 4 aromatic rings. The van der Waals surface area contributed by atoms with Gasteiger partial charge in [0.1, 0.15) is 5.75 Å². The molecule has 0 atom stereocenters. The van der Waals surface area contributed by atoms with E-state index in [0.717, 1.165) is 10.7 Å². The van der Waals surface area contributed by atoms with Crippen LogP contribution in [-0.4, -0.2) is 22.8 Å². The number of alkyl halides is 3. The number of hydrogen-bond acceptors (Lipinski definition) is 3. The fourth-order valence-electron chi connectivity index (χ4n) is 3.20. The van der Waals surface area contributed by atoms with Crippen LogP contribution in [0, 0.1) is 0 Å². The van der Waals surface area contributed by atoms with Crippen LogP contribution in [0.1, 0.15) is 16.1 Å². The molecule has 3 aromatic carbocycles. The van der Waals surface area contributed by atoms with Gasteiger partial charge in [0.2, 0.25) is 0 Å². The van der Waals surface area contributed by atoms with Gasteiger partial charge in [0.25, 0.3) is 5.91 Å². The maximum Gasteiger partial charge on any atom is 0.435 e. The Balaban J connectivity index is 1.65. The highest BCUT2D eigenvalue weighted by Gasteiger charge is 2.35. The molecule has 0 aliphatic rings. The van der Waals surface area contributed by atoms with Crippen LogP contribution in [0.15, 0.2) is 78.9 Å². The molecular formula is C24H17ClF3N3O2. The zero-order valence-electron chi connectivity index (χ0n) is 17.2. The van der Waals surface area contributed by atoms with Crippen LogP contribution >= 0.6 is 11.6 Å². The van der Waals surface area contributed by atoms with Crippen LogP contribution in [0.2, 0.25) is 5.02 Å². The fourth-order valence-corrected chi connectivity index (χ4v) is 3.42. The average Bonchev–Trinajstić information content (AvgIpc) is 3.26. The second-order valence-electron chi connectivity index (χ2n) is 7.04. The Kier molecular flexibility index (Phi) is 6.11. The summed E-state index contributed by atoms with van der Waals surface area (Å²) >= 11 is 6.20. The first kappa shape index (κ1) is 22.4. The minimum Gasteiger partial charge on any atom is -0.497 e. The van der Waals surface area contributed by atoms with E-state index >= 15 is 0 Å². The number of rotatable bonds is 5. The Labute approximate surface area is 192 Å². The lowest BCUT2D eigenvalue weighted by Gasteiger charge is -2.10. The van der Waals surface area contributed by atoms with Crippen molar-refractivity contribution in [3.63, 3.8) is 0 Å². The van der Waals surface area contributed by atoms with E-state index in [9.17, 15) is 18.0 Å². The number of anilines is 1. The molecular weight excluding hydrogens is 455 g/mol. The summed E-state index contributed by atoms with van der Waals surface area (Å²) in [4.78, 5) is 12.6. The van der Waals surface area contributed by atoms with Crippen LogP contribution in [0.5, 0.6) is 5.75 Å². The SMILES string of the molecule is COc1ccc(NC(=O)c2ccc(-c3cc(C(F)(F)F)nn3-c3ccccc3Cl)cc2)cc1. The molecule has 4 rings (SSSR count). The zero-order valence-corrected chi connectivity index (χ0v) is 18.0. The van der Waals surface area contributed by atoms with E-state index in [1.54, 1.807) is 67.8 Å². The summed E-state index contributed by atoms with van der Waals surface area (Å²) in [5.74, 6) is 0.299. The third-order valence-corrected chi connectivity index (χ3v) is 5.19. The molecule has 0 aliphatic carbocycles. The van der Waals surface area contributed by atoms with E-state index in [1.165, 1.54) is 12.1 Å². The van der Waals surface area contributed by atoms with Gasteiger partial charge in [-0.2, -0.15) is 18.3 Å². The number of aromatic nitrogens is 2. The van der Waals surface area contributed by atoms with Gasteiger partial charge in [-0.3, -0.25) is 4.79 Å². The van der Waals surface area contributed by atoms with Gasteiger partial charge >= 0.3 is 6.18 Å². The zero-order chi connectivity index (χ0) is 23.6. The number of ether oxygens (including phenoxy) is 1. The van der Waals surface area contributed by atoms with Gasteiger partial charge in [0.15, 0.2) is 5.69 Å². The molecule has 1 N–H and O–H groups in total. The molecule has 0 bridgehead atoms. The van der Waals surface area contributed by atoms with Crippen molar-refractivity contribution in [2.45, 2.75) is 6.18 Å². The fraction of sp³-hybridized carbons (Fsp3) is 0.0833. The summed E-state index contributed by atoms with van der Waals surface area (Å²) in [5, 5.41) is 6.75. The van der Waals surface area contributed by atoms with Crippen molar-refractivity contribution in [3.05, 3.63) is 95.1 Å². The minimum atomic E-state index is -4.63. The van der Waals surface area contributed by atoms with Crippen LogP contribution in [-0.2, 0) is 6.18 Å². The number of carbonyl (C=O) groups is 1. The number of benzene rings is 3. The summed E-state index contributed by atoms with van der Waals surface area (Å²) in [6.45, 7) is 0. The standard InChI is InChI=1S/C24H17ClF3N3O2/c1-33-18-12-10-17(11-13-18)29-23(32)16-8-6-15(7-9-16)21-14-22(24(26,27)28)30-31(21)20-5-3-2-4-19(20)25/h2-14H,1H3,(H,29,32). The Hall–Kier alpha value is -3.78. The number of methoxy groups -OCH3 is 1. The van der Waals surface area contributed by atoms with Crippen LogP contribution in [0.25, 0.3) is 16.9 Å². The predicted molar refractivity (Wildman–Crippen MR) is 120 cm³/mol. The molecule has 0 radical (unpaired) electrons. The Bertz CT molecular complexity index is 1280. The van der Waals surface area contributed by atoms with Crippen LogP contribution in [0.3, 0.4) is 0 Å². The summed E-state index contributed by atoms with van der Waals surface area (Å²) in [5.41, 5.74) is 0.826. The molecule has 1 heterocycles. The van der Waals surface area contributed by atoms with E-state index < -0.39 is 11.9 Å². The molecule has 1 amide bonds. The Morgan fingerprint density at radius 1 is 1.00 bits per heavy atom. The summed E-state index contributed by atoms with van der Waals surface area (Å²) in [6, 6.07) is 20.5. The van der Waals surface area contributed by atoms with Crippen molar-refractivity contribution < 1.29 is 22.7 Å². The van der Waals surface area contributed by atoms with Crippen molar-refractivity contribution in [2.24, 2.45) is 0 Å². The normalized spacial score (nSPS) is 11.3. The van der Waals surface area contributed by atoms with E-state index in [-0.39, 0.29) is 16.6 Å². The number of para-hydroxylation sites is 1. The first-order valence-electron chi connectivity index (χ1n) is 9.74. The van der Waals surface area contributed by atoms with Gasteiger partial charge in [-0.1, -0.05) is 35.9 Å². The van der Waals surface area contributed by atoms with E-state index in [1.807, 2.05) is 0 Å². The minimum absolute atomic E-state index is 0.192. The third kappa shape index (κ3) is 4.85. The van der Waals surface area contributed by atoms with Crippen molar-refractivity contribution in [2.75, 3.05) is 12.4 Å². The molecule has 1 aromatic heterocycles. The second-order valence-corrected chi connectivity index (χ2v) is 7.44. The maximum absolute atomic E-state index is 13.4. The summed E-state index contributed by atoms with van der Waals surface area (Å²) < 4.78 is 46.3. The number of hydrogen-bond donors (Lipinski definition) is 1. The monoisotopic (exact) mass is 471 g/mol. The van der Waals surface area contributed by atoms with Crippen LogP contribution < -0.4 is 10.1 Å². The smallest absolute Gasteiger partial charge is 0.435 e. The highest BCUT2D eigenvalue weighted by atomic mass is 35.5. The van der Waals surface area contributed by atoms with E-state index in [4.69, 9.17) is 16.3 Å². The van der Waals surface area contributed by atoms with Gasteiger partial charge in [0, 0.05) is 16.8 Å². The number of amides is 1. The largest absolute Gasteiger partial charge is 0.497 e. The molecule has 0 saturated carbocycles. The first-order chi connectivity index (χ1) is 15.8. The van der Waals surface area contributed by atoms with Crippen molar-refractivity contribution in [1.82, 2.24) is 9.78 Å². The van der Waals surface area contributed by atoms with E-state index in [2.05, 4.69) is 10.4 Å². The lowest BCUT2D eigenvalue weighted by atomic mass is 10.1. The summed E-state index contributed by atoms with van der Waals surface area (Å²) in [6.07, 6.45) is -4.63. The van der Waals surface area contributed by atoms with Crippen molar-refractivity contribution in [1.29, 1.82) is 0 Å². The van der Waals surface area contributed by atoms with Gasteiger partial charge < -0.3 is 10.1 Å². The third-order valence-electron chi connectivity index (χ3n) is 4.87. The van der Waals surface area contributed by atoms with E-state index in [0.29, 0.717) is 28.3 Å². The molecule has 9 heteroatoms. The number of nitrogens with zero attached hydrogens (tertiary/aromatic N) is 2. The topological polar surface area (TPSA) is 56.1 Å². The average molecular weight is 472 g/mol. The lowest BCUT2D eigenvalue weighted by molar-refractivity contribution is -0.141. The molecule has 0 spiro atoms. The first-order valence-corrected chi connectivity index (χ1v) is 10.1. The van der Waals surface area contributed by atoms with Crippen molar-refractivity contribution >= 4 is 23.2 Å². The number of carbonyl (C=O) groups excluding carboxylic acids is 1. The number of nitrogens with one attached hydrogen (secondary N) is 1. The molecule has 5 nitrogen and oxygen atoms in total. The maximum atomic E-state index is 13.4. The Morgan fingerprint density at radius 3 is 2.27 bits per heavy atom. The highest BCUT2D eigenvalue weighted by molar-refractivity contribution is 6.32. The van der Waals surface area contributed by atoms with Gasteiger partial charge in [-0.25, -0.2) is 4.68 Å². The van der Waals surface area contributed by atoms with Crippen molar-refractivity contribution in [3.8, 4) is 22.7 Å². The molecule has 33 heavy (non-hydrogen) atoms. The summed E-state index contributed by atoms with van der Waals surface area (Å²) in [7, 11) is 1.55. The predicted octanol–water partition coefficient (Wildman–Crippen LogP) is 6.47. The van der Waals surface area contributed by atoms with Gasteiger partial charge in [-0.05, 0) is 54.6 Å². The Morgan fingerprint density at radius 2 is 1.67 bits per heavy atom. The second kappa shape index (κ2) is 8.99. The van der Waals surface area contributed by atoms with Crippen LogP contribution in [0.4, 0.5) is 18.9 Å². The van der Waals surface area contributed by atoms with Gasteiger partial charge in [0.05, 0.1) is 23.5 Å². The lowest BCUT2D eigenvalue weighted by Crippen LogP contribution is -2.11. The molecule has 0 unspecified atom stereocenters. The molecule has 0 saturated heterocycles. The van der Waals surface area contributed by atoms with Gasteiger partial charge in [-0.15, -0.1) is 0 Å². The number of halogens is 4. The molecule has 168 valence electrons. The quantitative estimate of drug-likeness (QED) is 0.363. The highest BCUT2D eigenvalue weighted by Crippen LogP contribution is 2.34. The molecule has 0 aliphatic heterocycles.